The molecule has 0 aromatic heterocycles. The van der Waals surface area contributed by atoms with Gasteiger partial charge in [0.15, 0.2) is 0 Å². The third-order valence-electron chi connectivity index (χ3n) is 3.29. The molecule has 1 aliphatic carbocycles. The molecular formula is C13H16Br3N. The van der Waals surface area contributed by atoms with Gasteiger partial charge in [-0.2, -0.15) is 0 Å². The highest BCUT2D eigenvalue weighted by Gasteiger charge is 2.20. The van der Waals surface area contributed by atoms with Crippen LogP contribution in [-0.4, -0.2) is 6.04 Å². The number of nitrogens with one attached hydrogen (secondary N) is 1. The smallest absolute Gasteiger partial charge is 0.0631 e. The third kappa shape index (κ3) is 3.71. The second kappa shape index (κ2) is 6.07. The van der Waals surface area contributed by atoms with E-state index in [4.69, 9.17) is 0 Å². The first kappa shape index (κ1) is 13.9. The molecule has 0 saturated heterocycles. The third-order valence-corrected chi connectivity index (χ3v) is 5.00. The van der Waals surface area contributed by atoms with Crippen LogP contribution in [-0.2, 0) is 0 Å². The minimum atomic E-state index is 0.604. The van der Waals surface area contributed by atoms with E-state index in [1.807, 2.05) is 0 Å². The van der Waals surface area contributed by atoms with Crippen molar-refractivity contribution in [3.05, 3.63) is 25.6 Å². The summed E-state index contributed by atoms with van der Waals surface area (Å²) in [4.78, 5) is 0. The molecule has 0 aliphatic heterocycles. The van der Waals surface area contributed by atoms with Crippen LogP contribution in [0, 0.1) is 5.92 Å². The standard InChI is InChI=1S/C13H16Br3N/c1-8-3-2-4-10(5-8)17-13-11(15)6-9(14)7-12(13)16/h6-8,10,17H,2-5H2,1H3. The van der Waals surface area contributed by atoms with E-state index < -0.39 is 0 Å². The fourth-order valence-electron chi connectivity index (χ4n) is 2.45. The first-order valence-electron chi connectivity index (χ1n) is 5.97. The summed E-state index contributed by atoms with van der Waals surface area (Å²) in [6.45, 7) is 2.35. The van der Waals surface area contributed by atoms with Gasteiger partial charge in [-0.25, -0.2) is 0 Å². The summed E-state index contributed by atoms with van der Waals surface area (Å²) >= 11 is 10.7. The van der Waals surface area contributed by atoms with E-state index in [1.165, 1.54) is 31.4 Å². The van der Waals surface area contributed by atoms with Crippen molar-refractivity contribution in [2.45, 2.75) is 38.6 Å². The van der Waals surface area contributed by atoms with Gasteiger partial charge >= 0.3 is 0 Å². The highest BCUT2D eigenvalue weighted by atomic mass is 79.9. The van der Waals surface area contributed by atoms with Gasteiger partial charge in [0.1, 0.15) is 0 Å². The van der Waals surface area contributed by atoms with Gasteiger partial charge in [0, 0.05) is 19.5 Å². The maximum Gasteiger partial charge on any atom is 0.0631 e. The first-order chi connectivity index (χ1) is 8.06. The lowest BCUT2D eigenvalue weighted by atomic mass is 9.87. The van der Waals surface area contributed by atoms with Crippen LogP contribution in [0.15, 0.2) is 25.6 Å². The van der Waals surface area contributed by atoms with Crippen LogP contribution in [0.4, 0.5) is 5.69 Å². The Morgan fingerprint density at radius 2 is 1.76 bits per heavy atom. The van der Waals surface area contributed by atoms with Crippen LogP contribution >= 0.6 is 47.8 Å². The fourth-order valence-corrected chi connectivity index (χ4v) is 4.94. The molecule has 1 fully saturated rings. The molecule has 1 aromatic carbocycles. The van der Waals surface area contributed by atoms with Crippen LogP contribution in [0.1, 0.15) is 32.6 Å². The molecule has 1 aliphatic rings. The maximum absolute atomic E-state index is 3.66. The number of halogens is 3. The summed E-state index contributed by atoms with van der Waals surface area (Å²) < 4.78 is 3.30. The summed E-state index contributed by atoms with van der Waals surface area (Å²) in [6, 6.07) is 4.77. The Morgan fingerprint density at radius 1 is 1.12 bits per heavy atom. The average molecular weight is 426 g/mol. The number of hydrogen-bond acceptors (Lipinski definition) is 1. The van der Waals surface area contributed by atoms with Crippen LogP contribution in [0.3, 0.4) is 0 Å². The minimum absolute atomic E-state index is 0.604. The molecule has 1 aromatic rings. The Labute approximate surface area is 128 Å². The van der Waals surface area contributed by atoms with Crippen molar-refractivity contribution >= 4 is 53.5 Å². The van der Waals surface area contributed by atoms with Crippen molar-refractivity contribution in [1.82, 2.24) is 0 Å². The minimum Gasteiger partial charge on any atom is -0.380 e. The van der Waals surface area contributed by atoms with Crippen molar-refractivity contribution in [3.63, 3.8) is 0 Å². The Kier molecular flexibility index (Phi) is 4.96. The summed E-state index contributed by atoms with van der Waals surface area (Å²) in [5.74, 6) is 0.842. The molecule has 0 radical (unpaired) electrons. The van der Waals surface area contributed by atoms with Gasteiger partial charge in [0.05, 0.1) is 5.69 Å². The molecular weight excluding hydrogens is 410 g/mol. The second-order valence-electron chi connectivity index (χ2n) is 4.86. The van der Waals surface area contributed by atoms with Crippen molar-refractivity contribution < 1.29 is 0 Å². The van der Waals surface area contributed by atoms with Crippen LogP contribution in [0.2, 0.25) is 0 Å². The molecule has 0 spiro atoms. The van der Waals surface area contributed by atoms with Crippen LogP contribution in [0.25, 0.3) is 0 Å². The molecule has 2 unspecified atom stereocenters. The van der Waals surface area contributed by atoms with E-state index in [2.05, 4.69) is 72.2 Å². The van der Waals surface area contributed by atoms with E-state index in [0.717, 1.165) is 19.3 Å². The molecule has 0 amide bonds. The monoisotopic (exact) mass is 423 g/mol. The molecule has 94 valence electrons. The van der Waals surface area contributed by atoms with Crippen molar-refractivity contribution in [1.29, 1.82) is 0 Å². The topological polar surface area (TPSA) is 12.0 Å². The molecule has 17 heavy (non-hydrogen) atoms. The fraction of sp³-hybridized carbons (Fsp3) is 0.538. The Hall–Kier alpha value is 0.460. The quantitative estimate of drug-likeness (QED) is 0.616. The number of rotatable bonds is 2. The average Bonchev–Trinajstić information content (AvgIpc) is 2.23. The molecule has 1 nitrogen and oxygen atoms in total. The largest absolute Gasteiger partial charge is 0.380 e. The lowest BCUT2D eigenvalue weighted by Crippen LogP contribution is -2.26. The van der Waals surface area contributed by atoms with E-state index >= 15 is 0 Å². The second-order valence-corrected chi connectivity index (χ2v) is 7.48. The predicted octanol–water partition coefficient (Wildman–Crippen LogP) is 5.96. The zero-order valence-corrected chi connectivity index (χ0v) is 14.5. The van der Waals surface area contributed by atoms with Gasteiger partial charge in [-0.3, -0.25) is 0 Å². The summed E-state index contributed by atoms with van der Waals surface area (Å²) in [7, 11) is 0. The zero-order chi connectivity index (χ0) is 12.4. The normalized spacial score (nSPS) is 24.7. The van der Waals surface area contributed by atoms with Gasteiger partial charge in [-0.15, -0.1) is 0 Å². The van der Waals surface area contributed by atoms with Crippen molar-refractivity contribution in [2.75, 3.05) is 5.32 Å². The van der Waals surface area contributed by atoms with Gasteiger partial charge in [-0.05, 0) is 62.8 Å². The van der Waals surface area contributed by atoms with Crippen LogP contribution in [0.5, 0.6) is 0 Å². The van der Waals surface area contributed by atoms with E-state index in [9.17, 15) is 0 Å². The lowest BCUT2D eigenvalue weighted by molar-refractivity contribution is 0.358. The SMILES string of the molecule is CC1CCCC(Nc2c(Br)cc(Br)cc2Br)C1. The van der Waals surface area contributed by atoms with Gasteiger partial charge in [0.25, 0.3) is 0 Å². The molecule has 2 atom stereocenters. The summed E-state index contributed by atoms with van der Waals surface area (Å²) in [5.41, 5.74) is 1.17. The molecule has 4 heteroatoms. The lowest BCUT2D eigenvalue weighted by Gasteiger charge is -2.29. The Bertz CT molecular complexity index is 383. The highest BCUT2D eigenvalue weighted by Crippen LogP contribution is 2.36. The van der Waals surface area contributed by atoms with Gasteiger partial charge in [0.2, 0.25) is 0 Å². The van der Waals surface area contributed by atoms with Crippen LogP contribution < -0.4 is 5.32 Å². The number of hydrogen-bond donors (Lipinski definition) is 1. The molecule has 0 bridgehead atoms. The van der Waals surface area contributed by atoms with Crippen molar-refractivity contribution in [2.24, 2.45) is 5.92 Å². The predicted molar refractivity (Wildman–Crippen MR) is 84.6 cm³/mol. The summed E-state index contributed by atoms with van der Waals surface area (Å²) in [5, 5.41) is 3.66. The van der Waals surface area contributed by atoms with E-state index in [1.54, 1.807) is 0 Å². The molecule has 0 heterocycles. The summed E-state index contributed by atoms with van der Waals surface area (Å²) in [6.07, 6.45) is 5.26. The van der Waals surface area contributed by atoms with E-state index in [-0.39, 0.29) is 0 Å². The molecule has 1 saturated carbocycles. The number of anilines is 1. The Balaban J connectivity index is 2.12. The first-order valence-corrected chi connectivity index (χ1v) is 8.35. The molecule has 2 rings (SSSR count). The van der Waals surface area contributed by atoms with Crippen molar-refractivity contribution in [3.8, 4) is 0 Å². The van der Waals surface area contributed by atoms with E-state index in [0.29, 0.717) is 6.04 Å². The Morgan fingerprint density at radius 3 is 2.35 bits per heavy atom. The van der Waals surface area contributed by atoms with Gasteiger partial charge < -0.3 is 5.32 Å². The molecule has 1 N–H and O–H groups in total. The highest BCUT2D eigenvalue weighted by molar-refractivity contribution is 9.11. The van der Waals surface area contributed by atoms with Gasteiger partial charge in [-0.1, -0.05) is 35.7 Å². The number of benzene rings is 1. The maximum atomic E-state index is 3.66. The zero-order valence-electron chi connectivity index (χ0n) is 9.77.